The fourth-order valence-electron chi connectivity index (χ4n) is 3.86. The van der Waals surface area contributed by atoms with Gasteiger partial charge >= 0.3 is 0 Å². The molecule has 0 radical (unpaired) electrons. The van der Waals surface area contributed by atoms with Gasteiger partial charge in [-0.2, -0.15) is 4.31 Å². The summed E-state index contributed by atoms with van der Waals surface area (Å²) in [6, 6.07) is 14.3. The Balaban J connectivity index is 1.54. The Kier molecular flexibility index (Phi) is 8.04. The van der Waals surface area contributed by atoms with Crippen molar-refractivity contribution in [3.8, 4) is 0 Å². The first kappa shape index (κ1) is 23.9. The Morgan fingerprint density at radius 2 is 1.78 bits per heavy atom. The molecule has 2 aromatic carbocycles. The average molecular weight is 458 g/mol. The van der Waals surface area contributed by atoms with E-state index in [2.05, 4.69) is 5.32 Å². The Labute approximate surface area is 190 Å². The number of carbonyl (C=O) groups is 2. The third kappa shape index (κ3) is 5.95. The third-order valence-corrected chi connectivity index (χ3v) is 7.73. The van der Waals surface area contributed by atoms with Crippen molar-refractivity contribution in [2.75, 3.05) is 25.0 Å². The molecule has 1 N–H and O–H groups in total. The molecule has 0 aliphatic carbocycles. The molecule has 3 rings (SSSR count). The summed E-state index contributed by atoms with van der Waals surface area (Å²) < 4.78 is 26.6. The van der Waals surface area contributed by atoms with Gasteiger partial charge in [0.15, 0.2) is 0 Å². The second-order valence-electron chi connectivity index (χ2n) is 7.90. The van der Waals surface area contributed by atoms with Crippen LogP contribution < -0.4 is 5.32 Å². The van der Waals surface area contributed by atoms with Gasteiger partial charge < -0.3 is 10.2 Å². The van der Waals surface area contributed by atoms with Gasteiger partial charge in [0.1, 0.15) is 0 Å². The quantitative estimate of drug-likeness (QED) is 0.592. The van der Waals surface area contributed by atoms with Gasteiger partial charge in [-0.15, -0.1) is 0 Å². The summed E-state index contributed by atoms with van der Waals surface area (Å²) in [5.74, 6) is 0.0644. The van der Waals surface area contributed by atoms with Gasteiger partial charge in [-0.25, -0.2) is 8.42 Å². The van der Waals surface area contributed by atoms with E-state index in [1.54, 1.807) is 24.3 Å². The molecule has 1 aliphatic rings. The second kappa shape index (κ2) is 10.7. The maximum Gasteiger partial charge on any atom is 0.243 e. The topological polar surface area (TPSA) is 86.8 Å². The van der Waals surface area contributed by atoms with E-state index in [1.165, 1.54) is 4.31 Å². The highest BCUT2D eigenvalue weighted by Crippen LogP contribution is 2.19. The summed E-state index contributed by atoms with van der Waals surface area (Å²) >= 11 is 0. The molecule has 8 heteroatoms. The summed E-state index contributed by atoms with van der Waals surface area (Å²) in [6.07, 6.45) is 2.31. The number of likely N-dealkylation sites (tertiary alicyclic amines) is 1. The van der Waals surface area contributed by atoms with E-state index < -0.39 is 10.0 Å². The number of sulfonamides is 1. The van der Waals surface area contributed by atoms with Gasteiger partial charge in [-0.1, -0.05) is 38.1 Å². The fraction of sp³-hybridized carbons (Fsp3) is 0.417. The number of amides is 2. The molecule has 0 saturated carbocycles. The molecule has 0 spiro atoms. The highest BCUT2D eigenvalue weighted by Gasteiger charge is 2.21. The lowest BCUT2D eigenvalue weighted by Gasteiger charge is -2.18. The molecule has 2 aromatic rings. The van der Waals surface area contributed by atoms with E-state index in [4.69, 9.17) is 0 Å². The van der Waals surface area contributed by atoms with Crippen molar-refractivity contribution in [1.29, 1.82) is 0 Å². The smallest absolute Gasteiger partial charge is 0.243 e. The summed E-state index contributed by atoms with van der Waals surface area (Å²) in [6.45, 7) is 5.83. The van der Waals surface area contributed by atoms with Gasteiger partial charge in [-0.05, 0) is 48.2 Å². The van der Waals surface area contributed by atoms with Crippen molar-refractivity contribution in [2.24, 2.45) is 0 Å². The van der Waals surface area contributed by atoms with Crippen molar-refractivity contribution < 1.29 is 18.0 Å². The Hall–Kier alpha value is -2.71. The van der Waals surface area contributed by atoms with Crippen LogP contribution in [0, 0.1) is 0 Å². The lowest BCUT2D eigenvalue weighted by Crippen LogP contribution is -2.30. The van der Waals surface area contributed by atoms with Gasteiger partial charge in [-0.3, -0.25) is 9.59 Å². The molecule has 1 fully saturated rings. The second-order valence-corrected chi connectivity index (χ2v) is 9.84. The summed E-state index contributed by atoms with van der Waals surface area (Å²) in [5, 5.41) is 2.91. The van der Waals surface area contributed by atoms with E-state index in [0.29, 0.717) is 38.2 Å². The minimum absolute atomic E-state index is 0.112. The molecule has 0 bridgehead atoms. The van der Waals surface area contributed by atoms with Crippen LogP contribution in [0.1, 0.15) is 44.2 Å². The molecule has 172 valence electrons. The standard InChI is InChI=1S/C24H31N3O4S/c1-3-27(4-2)32(30,31)22-13-10-19(11-14-22)12-15-23(28)25-21-8-5-7-20(17-21)18-26-16-6-9-24(26)29/h5,7-8,10-11,13-14,17H,3-4,6,9,12,15-16,18H2,1-2H3,(H,25,28). The first-order valence-electron chi connectivity index (χ1n) is 11.1. The molecule has 1 aliphatic heterocycles. The summed E-state index contributed by atoms with van der Waals surface area (Å²) in [7, 11) is -3.48. The minimum atomic E-state index is -3.48. The van der Waals surface area contributed by atoms with Crippen molar-refractivity contribution in [3.63, 3.8) is 0 Å². The van der Waals surface area contributed by atoms with Crippen LogP contribution in [0.2, 0.25) is 0 Å². The molecule has 0 unspecified atom stereocenters. The zero-order chi connectivity index (χ0) is 23.1. The van der Waals surface area contributed by atoms with Gasteiger partial charge in [0, 0.05) is 44.7 Å². The molecule has 0 atom stereocenters. The SMILES string of the molecule is CCN(CC)S(=O)(=O)c1ccc(CCC(=O)Nc2cccc(CN3CCCC3=O)c2)cc1. The third-order valence-electron chi connectivity index (χ3n) is 5.66. The molecule has 32 heavy (non-hydrogen) atoms. The molecule has 1 saturated heterocycles. The van der Waals surface area contributed by atoms with Crippen LogP contribution in [0.4, 0.5) is 5.69 Å². The number of rotatable bonds is 10. The number of hydrogen-bond donors (Lipinski definition) is 1. The maximum absolute atomic E-state index is 12.6. The monoisotopic (exact) mass is 457 g/mol. The predicted octanol–water partition coefficient (Wildman–Crippen LogP) is 3.41. The number of carbonyl (C=O) groups excluding carboxylic acids is 2. The van der Waals surface area contributed by atoms with Crippen molar-refractivity contribution in [1.82, 2.24) is 9.21 Å². The van der Waals surface area contributed by atoms with Gasteiger partial charge in [0.25, 0.3) is 0 Å². The summed E-state index contributed by atoms with van der Waals surface area (Å²) in [4.78, 5) is 26.3. The molecule has 1 heterocycles. The lowest BCUT2D eigenvalue weighted by molar-refractivity contribution is -0.128. The van der Waals surface area contributed by atoms with Crippen LogP contribution in [0.15, 0.2) is 53.4 Å². The van der Waals surface area contributed by atoms with E-state index in [0.717, 1.165) is 24.1 Å². The van der Waals surface area contributed by atoms with E-state index in [1.807, 2.05) is 43.0 Å². The first-order chi connectivity index (χ1) is 15.3. The van der Waals surface area contributed by atoms with Crippen LogP contribution in [0.5, 0.6) is 0 Å². The highest BCUT2D eigenvalue weighted by atomic mass is 32.2. The van der Waals surface area contributed by atoms with Gasteiger partial charge in [0.05, 0.1) is 4.90 Å². The largest absolute Gasteiger partial charge is 0.338 e. The number of anilines is 1. The van der Waals surface area contributed by atoms with Crippen LogP contribution in [-0.4, -0.2) is 49.1 Å². The number of hydrogen-bond acceptors (Lipinski definition) is 4. The predicted molar refractivity (Wildman–Crippen MR) is 125 cm³/mol. The highest BCUT2D eigenvalue weighted by molar-refractivity contribution is 7.89. The molecular formula is C24H31N3O4S. The molecule has 2 amide bonds. The zero-order valence-corrected chi connectivity index (χ0v) is 19.5. The van der Waals surface area contributed by atoms with Crippen LogP contribution in [-0.2, 0) is 32.6 Å². The van der Waals surface area contributed by atoms with Crippen LogP contribution in [0.3, 0.4) is 0 Å². The minimum Gasteiger partial charge on any atom is -0.338 e. The van der Waals surface area contributed by atoms with Gasteiger partial charge in [0.2, 0.25) is 21.8 Å². The molecule has 0 aromatic heterocycles. The van der Waals surface area contributed by atoms with E-state index >= 15 is 0 Å². The summed E-state index contributed by atoms with van der Waals surface area (Å²) in [5.41, 5.74) is 2.60. The number of aryl methyl sites for hydroxylation is 1. The first-order valence-corrected chi connectivity index (χ1v) is 12.5. The van der Waals surface area contributed by atoms with E-state index in [9.17, 15) is 18.0 Å². The Bertz CT molecular complexity index is 1050. The van der Waals surface area contributed by atoms with Crippen molar-refractivity contribution in [3.05, 3.63) is 59.7 Å². The van der Waals surface area contributed by atoms with Crippen LogP contribution in [0.25, 0.3) is 0 Å². The van der Waals surface area contributed by atoms with Crippen molar-refractivity contribution in [2.45, 2.75) is 51.0 Å². The number of nitrogens with zero attached hydrogens (tertiary/aromatic N) is 2. The zero-order valence-electron chi connectivity index (χ0n) is 18.7. The average Bonchev–Trinajstić information content (AvgIpc) is 3.18. The van der Waals surface area contributed by atoms with E-state index in [-0.39, 0.29) is 23.1 Å². The number of benzene rings is 2. The lowest BCUT2D eigenvalue weighted by atomic mass is 10.1. The fourth-order valence-corrected chi connectivity index (χ4v) is 5.32. The number of nitrogens with one attached hydrogen (secondary N) is 1. The van der Waals surface area contributed by atoms with Crippen LogP contribution >= 0.6 is 0 Å². The Morgan fingerprint density at radius 1 is 1.06 bits per heavy atom. The molecule has 7 nitrogen and oxygen atoms in total. The Morgan fingerprint density at radius 3 is 2.41 bits per heavy atom. The maximum atomic E-state index is 12.6. The normalized spacial score (nSPS) is 14.2. The van der Waals surface area contributed by atoms with Crippen molar-refractivity contribution >= 4 is 27.5 Å². The molecular weight excluding hydrogens is 426 g/mol.